The van der Waals surface area contributed by atoms with Crippen molar-refractivity contribution in [3.8, 4) is 0 Å². The van der Waals surface area contributed by atoms with Crippen molar-refractivity contribution in [2.75, 3.05) is 17.4 Å². The lowest BCUT2D eigenvalue weighted by molar-refractivity contribution is -0.139. The van der Waals surface area contributed by atoms with Crippen LogP contribution in [0.2, 0.25) is 0 Å². The first kappa shape index (κ1) is 30.3. The highest BCUT2D eigenvalue weighted by Gasteiger charge is 2.34. The van der Waals surface area contributed by atoms with Gasteiger partial charge in [-0.05, 0) is 74.4 Å². The van der Waals surface area contributed by atoms with E-state index in [2.05, 4.69) is 5.32 Å². The molecule has 0 radical (unpaired) electrons. The maximum absolute atomic E-state index is 14.2. The molecule has 1 unspecified atom stereocenters. The predicted molar refractivity (Wildman–Crippen MR) is 163 cm³/mol. The first-order valence-electron chi connectivity index (χ1n) is 14.5. The maximum atomic E-state index is 14.2. The van der Waals surface area contributed by atoms with Gasteiger partial charge in [-0.15, -0.1) is 0 Å². The molecule has 4 rings (SSSR count). The molecule has 0 aromatic heterocycles. The van der Waals surface area contributed by atoms with Gasteiger partial charge in [0, 0.05) is 12.6 Å². The molecule has 0 heterocycles. The lowest BCUT2D eigenvalue weighted by Crippen LogP contribution is -2.54. The van der Waals surface area contributed by atoms with E-state index in [1.807, 2.05) is 63.2 Å². The van der Waals surface area contributed by atoms with Gasteiger partial charge in [0.15, 0.2) is 0 Å². The molecule has 1 saturated carbocycles. The SMILES string of the molecule is CCC(C(=O)NC1CCCC1)N(CCc1ccccc1)C(=O)CN(c1cc(C)ccc1C)S(=O)(=O)c1ccccc1. The maximum Gasteiger partial charge on any atom is 0.264 e. The normalized spacial score (nSPS) is 14.4. The van der Waals surface area contributed by atoms with E-state index in [9.17, 15) is 18.0 Å². The minimum atomic E-state index is -4.08. The van der Waals surface area contributed by atoms with Crippen molar-refractivity contribution in [1.82, 2.24) is 10.2 Å². The number of benzene rings is 3. The van der Waals surface area contributed by atoms with Gasteiger partial charge < -0.3 is 10.2 Å². The molecule has 218 valence electrons. The molecule has 1 aliphatic rings. The number of sulfonamides is 1. The number of hydrogen-bond donors (Lipinski definition) is 1. The molecule has 7 nitrogen and oxygen atoms in total. The van der Waals surface area contributed by atoms with E-state index in [-0.39, 0.29) is 16.8 Å². The minimum Gasteiger partial charge on any atom is -0.352 e. The van der Waals surface area contributed by atoms with E-state index < -0.39 is 28.5 Å². The highest BCUT2D eigenvalue weighted by Crippen LogP contribution is 2.28. The summed E-state index contributed by atoms with van der Waals surface area (Å²) >= 11 is 0. The molecule has 0 saturated heterocycles. The van der Waals surface area contributed by atoms with Crippen LogP contribution in [0.3, 0.4) is 0 Å². The number of anilines is 1. The van der Waals surface area contributed by atoms with Gasteiger partial charge in [0.25, 0.3) is 10.0 Å². The molecule has 1 N–H and O–H groups in total. The molecule has 41 heavy (non-hydrogen) atoms. The van der Waals surface area contributed by atoms with Crippen LogP contribution in [-0.4, -0.2) is 50.3 Å². The third kappa shape index (κ3) is 7.55. The second-order valence-electron chi connectivity index (χ2n) is 10.9. The second-order valence-corrected chi connectivity index (χ2v) is 12.7. The van der Waals surface area contributed by atoms with Gasteiger partial charge >= 0.3 is 0 Å². The average Bonchev–Trinajstić information content (AvgIpc) is 3.49. The van der Waals surface area contributed by atoms with Crippen LogP contribution in [0.4, 0.5) is 5.69 Å². The first-order valence-corrected chi connectivity index (χ1v) is 15.9. The van der Waals surface area contributed by atoms with Gasteiger partial charge in [0.2, 0.25) is 11.8 Å². The smallest absolute Gasteiger partial charge is 0.264 e. The third-order valence-corrected chi connectivity index (χ3v) is 9.59. The molecule has 0 spiro atoms. The minimum absolute atomic E-state index is 0.107. The lowest BCUT2D eigenvalue weighted by atomic mass is 10.1. The second kappa shape index (κ2) is 13.8. The molecule has 3 aromatic rings. The summed E-state index contributed by atoms with van der Waals surface area (Å²) in [6, 6.07) is 23.0. The Morgan fingerprint density at radius 2 is 1.56 bits per heavy atom. The number of carbonyl (C=O) groups excluding carboxylic acids is 2. The van der Waals surface area contributed by atoms with Crippen molar-refractivity contribution in [2.24, 2.45) is 0 Å². The quantitative estimate of drug-likeness (QED) is 0.313. The Morgan fingerprint density at radius 1 is 0.927 bits per heavy atom. The fraction of sp³-hybridized carbons (Fsp3) is 0.394. The van der Waals surface area contributed by atoms with Crippen LogP contribution < -0.4 is 9.62 Å². The van der Waals surface area contributed by atoms with Crippen LogP contribution in [0.25, 0.3) is 0 Å². The number of amides is 2. The molecule has 1 fully saturated rings. The standard InChI is InChI=1S/C33H41N3O4S/c1-4-30(33(38)34-28-15-11-12-16-28)35(22-21-27-13-7-5-8-14-27)32(37)24-36(31-23-25(2)19-20-26(31)3)41(39,40)29-17-9-6-10-18-29/h5-10,13-14,17-20,23,28,30H,4,11-12,15-16,21-22,24H2,1-3H3,(H,34,38). The molecule has 1 aliphatic carbocycles. The highest BCUT2D eigenvalue weighted by molar-refractivity contribution is 7.92. The number of nitrogens with one attached hydrogen (secondary N) is 1. The van der Waals surface area contributed by atoms with Gasteiger partial charge in [0.1, 0.15) is 12.6 Å². The summed E-state index contributed by atoms with van der Waals surface area (Å²) in [6.07, 6.45) is 5.02. The summed E-state index contributed by atoms with van der Waals surface area (Å²) in [6.45, 7) is 5.51. The summed E-state index contributed by atoms with van der Waals surface area (Å²) < 4.78 is 29.2. The largest absolute Gasteiger partial charge is 0.352 e. The molecule has 1 atom stereocenters. The zero-order valence-electron chi connectivity index (χ0n) is 24.3. The van der Waals surface area contributed by atoms with Crippen molar-refractivity contribution >= 4 is 27.5 Å². The fourth-order valence-corrected chi connectivity index (χ4v) is 6.98. The molecular weight excluding hydrogens is 534 g/mol. The summed E-state index contributed by atoms with van der Waals surface area (Å²) in [7, 11) is -4.08. The van der Waals surface area contributed by atoms with E-state index in [0.29, 0.717) is 25.1 Å². The zero-order chi connectivity index (χ0) is 29.4. The van der Waals surface area contributed by atoms with E-state index in [4.69, 9.17) is 0 Å². The fourth-order valence-electron chi connectivity index (χ4n) is 5.48. The van der Waals surface area contributed by atoms with E-state index in [1.54, 1.807) is 29.2 Å². The van der Waals surface area contributed by atoms with E-state index >= 15 is 0 Å². The Kier molecular flexibility index (Phi) is 10.2. The Morgan fingerprint density at radius 3 is 2.20 bits per heavy atom. The number of hydrogen-bond acceptors (Lipinski definition) is 4. The molecule has 2 amide bonds. The Balaban J connectivity index is 1.69. The predicted octanol–water partition coefficient (Wildman–Crippen LogP) is 5.41. The third-order valence-electron chi connectivity index (χ3n) is 7.82. The summed E-state index contributed by atoms with van der Waals surface area (Å²) in [5.74, 6) is -0.584. The van der Waals surface area contributed by atoms with Crippen molar-refractivity contribution in [2.45, 2.75) is 76.3 Å². The number of aryl methyl sites for hydroxylation is 2. The monoisotopic (exact) mass is 575 g/mol. The van der Waals surface area contributed by atoms with E-state index in [0.717, 1.165) is 42.4 Å². The zero-order valence-corrected chi connectivity index (χ0v) is 25.1. The Hall–Kier alpha value is -3.65. The Bertz CT molecular complexity index is 1420. The molecule has 0 bridgehead atoms. The summed E-state index contributed by atoms with van der Waals surface area (Å²) in [5.41, 5.74) is 3.12. The van der Waals surface area contributed by atoms with Crippen LogP contribution in [0.15, 0.2) is 83.8 Å². The number of carbonyl (C=O) groups is 2. The van der Waals surface area contributed by atoms with Gasteiger partial charge in [-0.2, -0.15) is 0 Å². The number of rotatable bonds is 12. The molecule has 0 aliphatic heterocycles. The molecule has 3 aromatic carbocycles. The van der Waals surface area contributed by atoms with Crippen LogP contribution in [-0.2, 0) is 26.0 Å². The highest BCUT2D eigenvalue weighted by atomic mass is 32.2. The van der Waals surface area contributed by atoms with Crippen LogP contribution in [0, 0.1) is 13.8 Å². The number of nitrogens with zero attached hydrogens (tertiary/aromatic N) is 2. The van der Waals surface area contributed by atoms with Crippen LogP contribution in [0.1, 0.15) is 55.7 Å². The van der Waals surface area contributed by atoms with Gasteiger partial charge in [0.05, 0.1) is 10.6 Å². The first-order chi connectivity index (χ1) is 19.7. The van der Waals surface area contributed by atoms with Crippen LogP contribution >= 0.6 is 0 Å². The Labute approximate surface area is 244 Å². The van der Waals surface area contributed by atoms with Crippen molar-refractivity contribution in [3.05, 3.63) is 95.6 Å². The van der Waals surface area contributed by atoms with Gasteiger partial charge in [-0.25, -0.2) is 8.42 Å². The topological polar surface area (TPSA) is 86.8 Å². The van der Waals surface area contributed by atoms with Crippen LogP contribution in [0.5, 0.6) is 0 Å². The molecule has 8 heteroatoms. The van der Waals surface area contributed by atoms with Gasteiger partial charge in [-0.3, -0.25) is 13.9 Å². The average molecular weight is 576 g/mol. The summed E-state index contributed by atoms with van der Waals surface area (Å²) in [4.78, 5) is 29.4. The lowest BCUT2D eigenvalue weighted by Gasteiger charge is -2.34. The van der Waals surface area contributed by atoms with Crippen molar-refractivity contribution in [3.63, 3.8) is 0 Å². The van der Waals surface area contributed by atoms with Crippen molar-refractivity contribution in [1.29, 1.82) is 0 Å². The van der Waals surface area contributed by atoms with Gasteiger partial charge in [-0.1, -0.05) is 80.4 Å². The summed E-state index contributed by atoms with van der Waals surface area (Å²) in [5, 5.41) is 3.16. The van der Waals surface area contributed by atoms with E-state index in [1.165, 1.54) is 16.4 Å². The van der Waals surface area contributed by atoms with Crippen molar-refractivity contribution < 1.29 is 18.0 Å². The molecular formula is C33H41N3O4S.